The van der Waals surface area contributed by atoms with Crippen molar-refractivity contribution < 1.29 is 14.4 Å². The highest BCUT2D eigenvalue weighted by molar-refractivity contribution is 14.1. The Morgan fingerprint density at radius 2 is 0.913 bits per heavy atom. The lowest BCUT2D eigenvalue weighted by Gasteiger charge is -2.39. The summed E-state index contributed by atoms with van der Waals surface area (Å²) in [7, 11) is 0. The van der Waals surface area contributed by atoms with Crippen LogP contribution in [0.4, 0.5) is 5.69 Å². The molecule has 1 aliphatic heterocycles. The fraction of sp³-hybridized carbons (Fsp3) is 0.103. The molecule has 0 unspecified atom stereocenters. The maximum atomic E-state index is 15.9. The van der Waals surface area contributed by atoms with Gasteiger partial charge in [-0.15, -0.1) is 0 Å². The first kappa shape index (κ1) is 29.4. The van der Waals surface area contributed by atoms with Gasteiger partial charge in [0.2, 0.25) is 11.8 Å². The minimum atomic E-state index is -1.50. The smallest absolute Gasteiger partial charge is 0.239 e. The Morgan fingerprint density at radius 1 is 0.522 bits per heavy atom. The minimum absolute atomic E-state index is 0.193. The number of nitrogens with zero attached hydrogens (tertiary/aromatic N) is 1. The Bertz CT molecular complexity index is 1970. The van der Waals surface area contributed by atoms with Gasteiger partial charge >= 0.3 is 0 Å². The Morgan fingerprint density at radius 3 is 1.33 bits per heavy atom. The van der Waals surface area contributed by atoms with E-state index in [4.69, 9.17) is 23.2 Å². The Labute approximate surface area is 289 Å². The van der Waals surface area contributed by atoms with Gasteiger partial charge in [-0.2, -0.15) is 0 Å². The van der Waals surface area contributed by atoms with Crippen LogP contribution >= 0.6 is 45.8 Å². The van der Waals surface area contributed by atoms with Gasteiger partial charge in [0.05, 0.1) is 28.4 Å². The highest BCUT2D eigenvalue weighted by Crippen LogP contribution is 2.74. The molecule has 0 aromatic heterocycles. The Kier molecular flexibility index (Phi) is 6.87. The molecule has 1 heterocycles. The number of carbonyl (C=O) groups excluding carboxylic acids is 3. The number of Topliss-reactive ketones (excluding diaryl/α,β-unsaturated/α-hetero) is 1. The molecule has 2 aliphatic carbocycles. The highest BCUT2D eigenvalue weighted by Gasteiger charge is 2.82. The zero-order chi connectivity index (χ0) is 31.8. The third-order valence-electron chi connectivity index (χ3n) is 9.81. The van der Waals surface area contributed by atoms with Crippen LogP contribution in [-0.2, 0) is 25.2 Å². The molecule has 2 amide bonds. The quantitative estimate of drug-likeness (QED) is 0.133. The lowest BCUT2D eigenvalue weighted by atomic mass is 9.59. The van der Waals surface area contributed by atoms with Crippen LogP contribution in [0, 0.1) is 15.4 Å². The molecule has 8 rings (SSSR count). The molecule has 0 spiro atoms. The van der Waals surface area contributed by atoms with Crippen LogP contribution in [-0.4, -0.2) is 17.6 Å². The van der Waals surface area contributed by atoms with Crippen molar-refractivity contribution in [2.45, 2.75) is 10.8 Å². The van der Waals surface area contributed by atoms with E-state index in [9.17, 15) is 0 Å². The van der Waals surface area contributed by atoms with Crippen molar-refractivity contribution in [3.05, 3.63) is 169 Å². The maximum absolute atomic E-state index is 15.9. The summed E-state index contributed by atoms with van der Waals surface area (Å²) in [5, 5.41) is 1.01. The molecular weight excluding hydrogens is 728 g/mol. The molecule has 1 saturated heterocycles. The Balaban J connectivity index is 1.57. The second-order valence-electron chi connectivity index (χ2n) is 11.9. The van der Waals surface area contributed by atoms with Gasteiger partial charge in [0.1, 0.15) is 0 Å². The minimum Gasteiger partial charge on any atom is -0.297 e. The lowest BCUT2D eigenvalue weighted by molar-refractivity contribution is -0.130. The van der Waals surface area contributed by atoms with E-state index in [1.54, 1.807) is 30.3 Å². The molecule has 2 fully saturated rings. The van der Waals surface area contributed by atoms with Crippen LogP contribution in [0.3, 0.4) is 0 Å². The van der Waals surface area contributed by atoms with Gasteiger partial charge in [0.15, 0.2) is 5.78 Å². The summed E-state index contributed by atoms with van der Waals surface area (Å²) >= 11 is 15.0. The third kappa shape index (κ3) is 3.76. The summed E-state index contributed by atoms with van der Waals surface area (Å²) in [6.07, 6.45) is 0. The van der Waals surface area contributed by atoms with E-state index >= 15 is 14.4 Å². The molecule has 0 N–H and O–H groups in total. The largest absolute Gasteiger partial charge is 0.297 e. The number of anilines is 1. The summed E-state index contributed by atoms with van der Waals surface area (Å²) in [4.78, 5) is 47.4. The average molecular weight is 752 g/mol. The molecule has 1 saturated carbocycles. The first-order valence-corrected chi connectivity index (χ1v) is 16.7. The van der Waals surface area contributed by atoms with Gasteiger partial charge in [-0.3, -0.25) is 14.4 Å². The fourth-order valence-electron chi connectivity index (χ4n) is 8.23. The number of hydrogen-bond acceptors (Lipinski definition) is 3. The maximum Gasteiger partial charge on any atom is 0.239 e. The molecule has 5 aromatic carbocycles. The van der Waals surface area contributed by atoms with E-state index in [2.05, 4.69) is 22.6 Å². The van der Waals surface area contributed by atoms with Gasteiger partial charge in [-0.25, -0.2) is 4.90 Å². The van der Waals surface area contributed by atoms with Crippen LogP contribution in [0.5, 0.6) is 0 Å². The van der Waals surface area contributed by atoms with Crippen molar-refractivity contribution in [3.8, 4) is 0 Å². The SMILES string of the molecule is O=C1[C@@H]2[C@@H](C(=O)N1c1ccccc1I)[C@@]1(c3ccc(Cl)cc3)C(=O)[C@@]2(c2ccc(Cl)cc2)C(c2ccccc2)=C1c1ccccc1. The number of para-hydroxylation sites is 1. The molecule has 46 heavy (non-hydrogen) atoms. The van der Waals surface area contributed by atoms with Crippen LogP contribution < -0.4 is 4.90 Å². The highest BCUT2D eigenvalue weighted by atomic mass is 127. The summed E-state index contributed by atoms with van der Waals surface area (Å²) < 4.78 is 0.765. The summed E-state index contributed by atoms with van der Waals surface area (Å²) in [5.74, 6) is -3.00. The first-order chi connectivity index (χ1) is 22.3. The van der Waals surface area contributed by atoms with Crippen LogP contribution in [0.15, 0.2) is 133 Å². The van der Waals surface area contributed by atoms with E-state index in [-0.39, 0.29) is 5.78 Å². The number of carbonyl (C=O) groups is 3. The van der Waals surface area contributed by atoms with Gasteiger partial charge in [0, 0.05) is 13.6 Å². The monoisotopic (exact) mass is 751 g/mol. The average Bonchev–Trinajstić information content (AvgIpc) is 3.58. The lowest BCUT2D eigenvalue weighted by Crippen LogP contribution is -2.45. The van der Waals surface area contributed by atoms with E-state index in [1.807, 2.05) is 103 Å². The van der Waals surface area contributed by atoms with E-state index in [0.717, 1.165) is 25.8 Å². The van der Waals surface area contributed by atoms with E-state index in [1.165, 1.54) is 4.90 Å². The number of ketones is 1. The van der Waals surface area contributed by atoms with E-state index in [0.29, 0.717) is 26.9 Å². The molecule has 224 valence electrons. The van der Waals surface area contributed by atoms with Gasteiger partial charge < -0.3 is 0 Å². The second-order valence-corrected chi connectivity index (χ2v) is 13.9. The first-order valence-electron chi connectivity index (χ1n) is 14.9. The van der Waals surface area contributed by atoms with Crippen LogP contribution in [0.2, 0.25) is 10.0 Å². The molecule has 7 heteroatoms. The molecule has 4 nitrogen and oxygen atoms in total. The standard InChI is InChI=1S/C39H24Cl2INO3/c40-27-19-15-25(16-20-27)38-31(23-9-3-1-4-10-23)32(24-11-5-2-6-12-24)39(37(38)46,26-17-21-28(41)22-18-26)34-33(38)35(44)43(36(34)45)30-14-8-7-13-29(30)42/h1-22,33-34H/t33-,34-,38-,39-/m0/s1. The van der Waals surface area contributed by atoms with Crippen molar-refractivity contribution in [1.82, 2.24) is 0 Å². The summed E-state index contributed by atoms with van der Waals surface area (Å²) in [6.45, 7) is 0. The molecule has 5 aromatic rings. The van der Waals surface area contributed by atoms with Gasteiger partial charge in [0.25, 0.3) is 0 Å². The molecule has 4 atom stereocenters. The van der Waals surface area contributed by atoms with Crippen molar-refractivity contribution in [1.29, 1.82) is 0 Å². The number of halogens is 3. The van der Waals surface area contributed by atoms with Crippen LogP contribution in [0.1, 0.15) is 22.3 Å². The topological polar surface area (TPSA) is 54.5 Å². The zero-order valence-electron chi connectivity index (χ0n) is 24.2. The number of benzene rings is 5. The zero-order valence-corrected chi connectivity index (χ0v) is 27.8. The third-order valence-corrected chi connectivity index (χ3v) is 11.2. The van der Waals surface area contributed by atoms with Gasteiger partial charge in [-0.05, 0) is 92.4 Å². The second kappa shape index (κ2) is 10.8. The predicted octanol–water partition coefficient (Wildman–Crippen LogP) is 8.79. The number of hydrogen-bond donors (Lipinski definition) is 0. The van der Waals surface area contributed by atoms with Crippen LogP contribution in [0.25, 0.3) is 11.1 Å². The predicted molar refractivity (Wildman–Crippen MR) is 190 cm³/mol. The molecule has 3 aliphatic rings. The van der Waals surface area contributed by atoms with E-state index < -0.39 is 34.5 Å². The molecule has 0 radical (unpaired) electrons. The van der Waals surface area contributed by atoms with Crippen molar-refractivity contribution in [3.63, 3.8) is 0 Å². The molecule has 2 bridgehead atoms. The van der Waals surface area contributed by atoms with Crippen molar-refractivity contribution in [2.75, 3.05) is 4.90 Å². The fourth-order valence-corrected chi connectivity index (χ4v) is 9.11. The van der Waals surface area contributed by atoms with Gasteiger partial charge in [-0.1, -0.05) is 120 Å². The number of imide groups is 1. The summed E-state index contributed by atoms with van der Waals surface area (Å²) in [6, 6.07) is 41.2. The summed E-state index contributed by atoms with van der Waals surface area (Å²) in [5.41, 5.74) is 1.86. The Hall–Kier alpha value is -4.04. The van der Waals surface area contributed by atoms with Crippen molar-refractivity contribution >= 4 is 80.2 Å². The number of rotatable bonds is 5. The number of fused-ring (bicyclic) bond motifs is 5. The molecular formula is C39H24Cl2INO3. The van der Waals surface area contributed by atoms with Crippen molar-refractivity contribution in [2.24, 2.45) is 11.8 Å². The number of allylic oxidation sites excluding steroid dienone is 2. The normalized spacial score (nSPS) is 25.0. The number of amides is 2.